The number of rotatable bonds is 4. The number of ether oxygens (including phenoxy) is 1. The number of nitrogens with zero attached hydrogens (tertiary/aromatic N) is 2. The first-order valence-corrected chi connectivity index (χ1v) is 8.52. The molecule has 0 aliphatic carbocycles. The highest BCUT2D eigenvalue weighted by atomic mass is 16.5. The van der Waals surface area contributed by atoms with Crippen LogP contribution in [0.2, 0.25) is 0 Å². The van der Waals surface area contributed by atoms with Crippen molar-refractivity contribution >= 4 is 16.8 Å². The van der Waals surface area contributed by atoms with Crippen molar-refractivity contribution in [2.45, 2.75) is 5.92 Å². The molecule has 2 atom stereocenters. The van der Waals surface area contributed by atoms with Gasteiger partial charge in [-0.1, -0.05) is 6.07 Å². The van der Waals surface area contributed by atoms with Crippen LogP contribution in [0, 0.1) is 5.92 Å². The van der Waals surface area contributed by atoms with Crippen molar-refractivity contribution in [3.05, 3.63) is 66.1 Å². The molecule has 0 radical (unpaired) electrons. The zero-order valence-corrected chi connectivity index (χ0v) is 14.2. The van der Waals surface area contributed by atoms with Crippen molar-refractivity contribution < 1.29 is 9.53 Å². The molecule has 128 valence electrons. The van der Waals surface area contributed by atoms with E-state index in [1.54, 1.807) is 7.11 Å². The van der Waals surface area contributed by atoms with Crippen LogP contribution in [-0.2, 0) is 4.74 Å². The molecule has 5 heteroatoms. The predicted octanol–water partition coefficient (Wildman–Crippen LogP) is 3.07. The predicted molar refractivity (Wildman–Crippen MR) is 96.5 cm³/mol. The van der Waals surface area contributed by atoms with E-state index in [1.165, 1.54) is 5.56 Å². The Kier molecular flexibility index (Phi) is 4.24. The number of hydrogen-bond donors (Lipinski definition) is 1. The molecular weight excluding hydrogens is 314 g/mol. The Labute approximate surface area is 146 Å². The highest BCUT2D eigenvalue weighted by Crippen LogP contribution is 2.34. The van der Waals surface area contributed by atoms with Gasteiger partial charge in [0, 0.05) is 67.1 Å². The van der Waals surface area contributed by atoms with Gasteiger partial charge < -0.3 is 14.6 Å². The smallest absolute Gasteiger partial charge is 0.254 e. The summed E-state index contributed by atoms with van der Waals surface area (Å²) in [5, 5.41) is 0.975. The molecule has 1 aromatic carbocycles. The van der Waals surface area contributed by atoms with E-state index in [1.807, 2.05) is 59.9 Å². The van der Waals surface area contributed by atoms with Crippen LogP contribution in [0.4, 0.5) is 0 Å². The van der Waals surface area contributed by atoms with Crippen LogP contribution >= 0.6 is 0 Å². The fourth-order valence-corrected chi connectivity index (χ4v) is 3.85. The van der Waals surface area contributed by atoms with Crippen LogP contribution < -0.4 is 0 Å². The Morgan fingerprint density at radius 3 is 2.88 bits per heavy atom. The summed E-state index contributed by atoms with van der Waals surface area (Å²) < 4.78 is 5.41. The number of carbonyl (C=O) groups is 1. The van der Waals surface area contributed by atoms with Crippen molar-refractivity contribution in [1.29, 1.82) is 0 Å². The Morgan fingerprint density at radius 1 is 1.24 bits per heavy atom. The molecule has 1 aliphatic rings. The third-order valence-electron chi connectivity index (χ3n) is 5.07. The van der Waals surface area contributed by atoms with Gasteiger partial charge in [0.05, 0.1) is 6.61 Å². The third kappa shape index (κ3) is 2.91. The SMILES string of the molecule is COC[C@@H]1CN(C(=O)c2cccc3[nH]ccc23)C[C@H]1c1ccncc1. The van der Waals surface area contributed by atoms with E-state index in [-0.39, 0.29) is 11.8 Å². The van der Waals surface area contributed by atoms with Crippen molar-refractivity contribution in [3.63, 3.8) is 0 Å². The highest BCUT2D eigenvalue weighted by molar-refractivity contribution is 6.06. The Balaban J connectivity index is 1.63. The number of likely N-dealkylation sites (tertiary alicyclic amines) is 1. The van der Waals surface area contributed by atoms with Gasteiger partial charge in [0.2, 0.25) is 0 Å². The first kappa shape index (κ1) is 15.8. The van der Waals surface area contributed by atoms with Crippen molar-refractivity contribution in [1.82, 2.24) is 14.9 Å². The summed E-state index contributed by atoms with van der Waals surface area (Å²) in [6, 6.07) is 11.9. The molecule has 0 saturated carbocycles. The zero-order valence-electron chi connectivity index (χ0n) is 14.2. The zero-order chi connectivity index (χ0) is 17.2. The van der Waals surface area contributed by atoms with Crippen molar-refractivity contribution in [3.8, 4) is 0 Å². The second kappa shape index (κ2) is 6.69. The summed E-state index contributed by atoms with van der Waals surface area (Å²) in [6.45, 7) is 2.06. The van der Waals surface area contributed by atoms with E-state index < -0.39 is 0 Å². The lowest BCUT2D eigenvalue weighted by atomic mass is 9.90. The van der Waals surface area contributed by atoms with E-state index in [4.69, 9.17) is 4.74 Å². The van der Waals surface area contributed by atoms with Gasteiger partial charge in [-0.15, -0.1) is 0 Å². The first-order chi connectivity index (χ1) is 12.3. The number of amides is 1. The summed E-state index contributed by atoms with van der Waals surface area (Å²) in [5.41, 5.74) is 2.96. The van der Waals surface area contributed by atoms with Crippen molar-refractivity contribution in [2.24, 2.45) is 5.92 Å². The molecule has 1 N–H and O–H groups in total. The van der Waals surface area contributed by atoms with Crippen LogP contribution in [0.15, 0.2) is 55.0 Å². The van der Waals surface area contributed by atoms with Gasteiger partial charge in [0.1, 0.15) is 0 Å². The number of pyridine rings is 1. The number of methoxy groups -OCH3 is 1. The Morgan fingerprint density at radius 2 is 2.08 bits per heavy atom. The van der Waals surface area contributed by atoms with Crippen LogP contribution in [-0.4, -0.2) is 47.6 Å². The van der Waals surface area contributed by atoms with E-state index >= 15 is 0 Å². The molecule has 1 aliphatic heterocycles. The van der Waals surface area contributed by atoms with E-state index in [0.717, 1.165) is 16.5 Å². The second-order valence-corrected chi connectivity index (χ2v) is 6.56. The highest BCUT2D eigenvalue weighted by Gasteiger charge is 2.36. The minimum absolute atomic E-state index is 0.0860. The summed E-state index contributed by atoms with van der Waals surface area (Å²) >= 11 is 0. The molecule has 5 nitrogen and oxygen atoms in total. The average Bonchev–Trinajstić information content (AvgIpc) is 3.29. The maximum atomic E-state index is 13.1. The van der Waals surface area contributed by atoms with Crippen molar-refractivity contribution in [2.75, 3.05) is 26.8 Å². The number of fused-ring (bicyclic) bond motifs is 1. The molecule has 2 aromatic heterocycles. The van der Waals surface area contributed by atoms with Crippen LogP contribution in [0.1, 0.15) is 21.8 Å². The summed E-state index contributed by atoms with van der Waals surface area (Å²) in [7, 11) is 1.72. The molecule has 25 heavy (non-hydrogen) atoms. The molecule has 3 heterocycles. The molecule has 3 aromatic rings. The van der Waals surface area contributed by atoms with E-state index in [0.29, 0.717) is 25.6 Å². The summed E-state index contributed by atoms with van der Waals surface area (Å²) in [6.07, 6.45) is 5.49. The maximum absolute atomic E-state index is 13.1. The fourth-order valence-electron chi connectivity index (χ4n) is 3.85. The van der Waals surface area contributed by atoms with Gasteiger partial charge in [-0.2, -0.15) is 0 Å². The molecule has 0 bridgehead atoms. The standard InChI is InChI=1S/C20H21N3O2/c1-25-13-15-11-23(12-18(15)14-5-8-21-9-6-14)20(24)17-3-2-4-19-16(17)7-10-22-19/h2-10,15,18,22H,11-13H2,1H3/t15-,18-/m0/s1. The van der Waals surface area contributed by atoms with Crippen LogP contribution in [0.25, 0.3) is 10.9 Å². The number of nitrogens with one attached hydrogen (secondary N) is 1. The summed E-state index contributed by atoms with van der Waals surface area (Å²) in [5.74, 6) is 0.655. The lowest BCUT2D eigenvalue weighted by Gasteiger charge is -2.17. The third-order valence-corrected chi connectivity index (χ3v) is 5.07. The number of hydrogen-bond acceptors (Lipinski definition) is 3. The monoisotopic (exact) mass is 335 g/mol. The minimum atomic E-state index is 0.0860. The number of aromatic amines is 1. The van der Waals surface area contributed by atoms with Gasteiger partial charge in [0.25, 0.3) is 5.91 Å². The lowest BCUT2D eigenvalue weighted by Crippen LogP contribution is -2.29. The maximum Gasteiger partial charge on any atom is 0.254 e. The summed E-state index contributed by atoms with van der Waals surface area (Å²) in [4.78, 5) is 22.4. The van der Waals surface area contributed by atoms with Gasteiger partial charge >= 0.3 is 0 Å². The normalized spacial score (nSPS) is 20.3. The molecule has 0 unspecified atom stereocenters. The van der Waals surface area contributed by atoms with Gasteiger partial charge in [0.15, 0.2) is 0 Å². The number of aromatic nitrogens is 2. The molecule has 1 amide bonds. The minimum Gasteiger partial charge on any atom is -0.384 e. The van der Waals surface area contributed by atoms with Crippen LogP contribution in [0.3, 0.4) is 0 Å². The van der Waals surface area contributed by atoms with Gasteiger partial charge in [-0.25, -0.2) is 0 Å². The fraction of sp³-hybridized carbons (Fsp3) is 0.300. The number of carbonyl (C=O) groups excluding carboxylic acids is 1. The second-order valence-electron chi connectivity index (χ2n) is 6.56. The number of benzene rings is 1. The first-order valence-electron chi connectivity index (χ1n) is 8.52. The molecule has 1 fully saturated rings. The topological polar surface area (TPSA) is 58.2 Å². The largest absolute Gasteiger partial charge is 0.384 e. The average molecular weight is 335 g/mol. The van der Waals surface area contributed by atoms with Crippen LogP contribution in [0.5, 0.6) is 0 Å². The Hall–Kier alpha value is -2.66. The van der Waals surface area contributed by atoms with E-state index in [2.05, 4.69) is 9.97 Å². The molecule has 1 saturated heterocycles. The van der Waals surface area contributed by atoms with E-state index in [9.17, 15) is 4.79 Å². The molecule has 4 rings (SSSR count). The molecule has 0 spiro atoms. The quantitative estimate of drug-likeness (QED) is 0.797. The van der Waals surface area contributed by atoms with Gasteiger partial charge in [-0.05, 0) is 35.9 Å². The lowest BCUT2D eigenvalue weighted by molar-refractivity contribution is 0.0777. The van der Waals surface area contributed by atoms with Gasteiger partial charge in [-0.3, -0.25) is 9.78 Å². The Bertz CT molecular complexity index is 875. The number of H-pyrrole nitrogens is 1. The molecular formula is C20H21N3O2.